The van der Waals surface area contributed by atoms with Crippen molar-refractivity contribution in [2.24, 2.45) is 0 Å². The highest BCUT2D eigenvalue weighted by molar-refractivity contribution is 5.44. The molecule has 3 nitrogen and oxygen atoms in total. The summed E-state index contributed by atoms with van der Waals surface area (Å²) in [6.07, 6.45) is 14.5. The molecule has 0 aromatic heterocycles. The molecule has 3 N–H and O–H groups in total. The summed E-state index contributed by atoms with van der Waals surface area (Å²) in [6, 6.07) is 9.37. The third-order valence-electron chi connectivity index (χ3n) is 7.58. The molecule has 2 saturated carbocycles. The summed E-state index contributed by atoms with van der Waals surface area (Å²) >= 11 is 0. The largest absolute Gasteiger partial charge is 0.399 e. The molecule has 1 aromatic rings. The van der Waals surface area contributed by atoms with Crippen LogP contribution < -0.4 is 5.73 Å². The lowest BCUT2D eigenvalue weighted by Gasteiger charge is -2.51. The molecule has 2 unspecified atom stereocenters. The van der Waals surface area contributed by atoms with E-state index >= 15 is 0 Å². The van der Waals surface area contributed by atoms with E-state index in [9.17, 15) is 5.11 Å². The molecule has 4 rings (SSSR count). The van der Waals surface area contributed by atoms with Gasteiger partial charge in [-0.2, -0.15) is 0 Å². The molecule has 0 amide bonds. The van der Waals surface area contributed by atoms with Gasteiger partial charge in [0, 0.05) is 11.7 Å². The van der Waals surface area contributed by atoms with Gasteiger partial charge in [-0.05, 0) is 87.6 Å². The van der Waals surface area contributed by atoms with Crippen LogP contribution in [0.4, 0.5) is 5.69 Å². The Balaban J connectivity index is 1.35. The second kappa shape index (κ2) is 7.52. The van der Waals surface area contributed by atoms with Crippen molar-refractivity contribution in [3.63, 3.8) is 0 Å². The lowest BCUT2D eigenvalue weighted by atomic mass is 9.63. The lowest BCUT2D eigenvalue weighted by Crippen LogP contribution is -2.52. The second-order valence-electron chi connectivity index (χ2n) is 9.33. The van der Waals surface area contributed by atoms with Crippen molar-refractivity contribution in [2.45, 2.75) is 94.1 Å². The average Bonchev–Trinajstić information content (AvgIpc) is 2.64. The minimum atomic E-state index is -0.355. The van der Waals surface area contributed by atoms with Crippen molar-refractivity contribution < 1.29 is 5.11 Å². The van der Waals surface area contributed by atoms with Crippen LogP contribution in [0.15, 0.2) is 24.3 Å². The third kappa shape index (κ3) is 3.80. The normalized spacial score (nSPS) is 31.7. The summed E-state index contributed by atoms with van der Waals surface area (Å²) in [7, 11) is 0. The van der Waals surface area contributed by atoms with Gasteiger partial charge in [-0.1, -0.05) is 37.8 Å². The summed E-state index contributed by atoms with van der Waals surface area (Å²) < 4.78 is 0. The molecule has 1 heterocycles. The van der Waals surface area contributed by atoms with E-state index in [-0.39, 0.29) is 5.60 Å². The van der Waals surface area contributed by atoms with Crippen LogP contribution in [0, 0.1) is 0 Å². The topological polar surface area (TPSA) is 49.5 Å². The molecule has 3 aliphatic rings. The van der Waals surface area contributed by atoms with E-state index in [0.29, 0.717) is 5.41 Å². The van der Waals surface area contributed by atoms with Gasteiger partial charge < -0.3 is 15.7 Å². The summed E-state index contributed by atoms with van der Waals surface area (Å²) in [6.45, 7) is 2.37. The highest BCUT2D eigenvalue weighted by Gasteiger charge is 2.43. The van der Waals surface area contributed by atoms with Crippen molar-refractivity contribution in [3.8, 4) is 0 Å². The maximum atomic E-state index is 10.8. The molecule has 144 valence electrons. The maximum absolute atomic E-state index is 10.8. The summed E-state index contributed by atoms with van der Waals surface area (Å²) in [4.78, 5) is 2.73. The first-order chi connectivity index (χ1) is 12.6. The van der Waals surface area contributed by atoms with Crippen LogP contribution >= 0.6 is 0 Å². The van der Waals surface area contributed by atoms with Crippen LogP contribution in [0.3, 0.4) is 0 Å². The van der Waals surface area contributed by atoms with Gasteiger partial charge in [-0.3, -0.25) is 0 Å². The summed E-state index contributed by atoms with van der Waals surface area (Å²) in [5.41, 5.74) is 8.45. The van der Waals surface area contributed by atoms with E-state index in [1.165, 1.54) is 70.0 Å². The molecule has 2 bridgehead atoms. The number of hydrogen-bond donors (Lipinski definition) is 2. The number of hydrogen-bond acceptors (Lipinski definition) is 3. The fraction of sp³-hybridized carbons (Fsp3) is 0.739. The van der Waals surface area contributed by atoms with Crippen molar-refractivity contribution in [2.75, 3.05) is 18.8 Å². The van der Waals surface area contributed by atoms with Gasteiger partial charge in [-0.25, -0.2) is 0 Å². The minimum absolute atomic E-state index is 0.355. The van der Waals surface area contributed by atoms with Crippen LogP contribution in [-0.4, -0.2) is 34.7 Å². The first-order valence-electron chi connectivity index (χ1n) is 10.9. The first kappa shape index (κ1) is 18.3. The second-order valence-corrected chi connectivity index (χ2v) is 9.33. The fourth-order valence-corrected chi connectivity index (χ4v) is 6.05. The van der Waals surface area contributed by atoms with Gasteiger partial charge in [0.2, 0.25) is 0 Å². The van der Waals surface area contributed by atoms with E-state index in [0.717, 1.165) is 37.4 Å². The molecule has 2 aliphatic carbocycles. The number of nitrogens with two attached hydrogens (primary N) is 1. The number of nitrogen functional groups attached to an aromatic ring is 1. The minimum Gasteiger partial charge on any atom is -0.399 e. The molecule has 0 spiro atoms. The van der Waals surface area contributed by atoms with Gasteiger partial charge >= 0.3 is 0 Å². The zero-order valence-electron chi connectivity index (χ0n) is 16.3. The number of nitrogens with zero attached hydrogens (tertiary/aromatic N) is 1. The molecule has 1 aromatic carbocycles. The average molecular weight is 357 g/mol. The zero-order chi connectivity index (χ0) is 18.0. The standard InChI is InChI=1S/C23H36N2O/c24-20-8-4-7-19(17-20)22-10-5-9-21(18-22)25(16-14-22)15-6-13-23(26)11-2-1-3-12-23/h4,7-8,17,21,26H,1-3,5-6,9-16,18,24H2. The number of rotatable bonds is 5. The van der Waals surface area contributed by atoms with Crippen LogP contribution in [0.1, 0.15) is 82.6 Å². The van der Waals surface area contributed by atoms with Crippen LogP contribution in [-0.2, 0) is 5.41 Å². The zero-order valence-corrected chi connectivity index (χ0v) is 16.3. The van der Waals surface area contributed by atoms with Crippen LogP contribution in [0.25, 0.3) is 0 Å². The van der Waals surface area contributed by atoms with Crippen molar-refractivity contribution >= 4 is 5.69 Å². The molecule has 3 fully saturated rings. The smallest absolute Gasteiger partial charge is 0.0648 e. The predicted molar refractivity (Wildman–Crippen MR) is 108 cm³/mol. The SMILES string of the molecule is Nc1cccc(C23CCCC(C2)N(CCCC2(O)CCCCC2)CC3)c1. The highest BCUT2D eigenvalue weighted by Crippen LogP contribution is 2.47. The molecule has 1 aliphatic heterocycles. The molecular weight excluding hydrogens is 320 g/mol. The molecule has 0 radical (unpaired) electrons. The number of likely N-dealkylation sites (tertiary alicyclic amines) is 1. The highest BCUT2D eigenvalue weighted by atomic mass is 16.3. The Bertz CT molecular complexity index is 610. The number of piperidine rings is 1. The lowest BCUT2D eigenvalue weighted by molar-refractivity contribution is -0.0124. The van der Waals surface area contributed by atoms with E-state index in [2.05, 4.69) is 23.1 Å². The van der Waals surface area contributed by atoms with Gasteiger partial charge in [0.25, 0.3) is 0 Å². The molecule has 2 atom stereocenters. The Morgan fingerprint density at radius 2 is 1.92 bits per heavy atom. The van der Waals surface area contributed by atoms with Gasteiger partial charge in [0.1, 0.15) is 0 Å². The Labute approximate surface area is 159 Å². The molecule has 1 saturated heterocycles. The fourth-order valence-electron chi connectivity index (χ4n) is 6.05. The van der Waals surface area contributed by atoms with Crippen LogP contribution in [0.2, 0.25) is 0 Å². The van der Waals surface area contributed by atoms with Crippen molar-refractivity contribution in [1.29, 1.82) is 0 Å². The van der Waals surface area contributed by atoms with E-state index in [4.69, 9.17) is 5.73 Å². The molecular formula is C23H36N2O. The van der Waals surface area contributed by atoms with Crippen molar-refractivity contribution in [3.05, 3.63) is 29.8 Å². The van der Waals surface area contributed by atoms with Gasteiger partial charge in [-0.15, -0.1) is 0 Å². The first-order valence-corrected chi connectivity index (χ1v) is 10.9. The molecule has 26 heavy (non-hydrogen) atoms. The quantitative estimate of drug-likeness (QED) is 0.756. The predicted octanol–water partition coefficient (Wildman–Crippen LogP) is 4.63. The summed E-state index contributed by atoms with van der Waals surface area (Å²) in [5.74, 6) is 0. The van der Waals surface area contributed by atoms with E-state index < -0.39 is 0 Å². The Kier molecular flexibility index (Phi) is 5.29. The monoisotopic (exact) mass is 356 g/mol. The van der Waals surface area contributed by atoms with Crippen LogP contribution in [0.5, 0.6) is 0 Å². The number of aliphatic hydroxyl groups is 1. The third-order valence-corrected chi connectivity index (χ3v) is 7.58. The summed E-state index contributed by atoms with van der Waals surface area (Å²) in [5, 5.41) is 10.8. The Hall–Kier alpha value is -1.06. The number of fused-ring (bicyclic) bond motifs is 2. The van der Waals surface area contributed by atoms with Gasteiger partial charge in [0.15, 0.2) is 0 Å². The number of benzene rings is 1. The van der Waals surface area contributed by atoms with Crippen molar-refractivity contribution in [1.82, 2.24) is 4.90 Å². The Morgan fingerprint density at radius 1 is 1.08 bits per heavy atom. The van der Waals surface area contributed by atoms with Gasteiger partial charge in [0.05, 0.1) is 5.60 Å². The Morgan fingerprint density at radius 3 is 2.73 bits per heavy atom. The van der Waals surface area contributed by atoms with E-state index in [1.54, 1.807) is 0 Å². The molecule has 3 heteroatoms. The number of anilines is 1. The van der Waals surface area contributed by atoms with E-state index in [1.807, 2.05) is 6.07 Å². The maximum Gasteiger partial charge on any atom is 0.0648 e.